The first-order valence-electron chi connectivity index (χ1n) is 7.60. The molecule has 0 aromatic carbocycles. The van der Waals surface area contributed by atoms with E-state index in [1.54, 1.807) is 28.0 Å². The van der Waals surface area contributed by atoms with Crippen molar-refractivity contribution in [2.45, 2.75) is 39.3 Å². The Labute approximate surface area is 134 Å². The summed E-state index contributed by atoms with van der Waals surface area (Å²) in [5.41, 5.74) is 2.37. The molecule has 2 aromatic rings. The molecule has 1 aliphatic heterocycles. The van der Waals surface area contributed by atoms with Crippen molar-refractivity contribution in [3.63, 3.8) is 0 Å². The number of rotatable bonds is 4. The summed E-state index contributed by atoms with van der Waals surface area (Å²) in [6.07, 6.45) is 2.46. The number of nitrogens with one attached hydrogen (secondary N) is 1. The molecule has 2 amide bonds. The molecule has 1 fully saturated rings. The number of hydrogen-bond acceptors (Lipinski definition) is 4. The second kappa shape index (κ2) is 5.91. The van der Waals surface area contributed by atoms with Gasteiger partial charge in [0.05, 0.1) is 29.9 Å². The summed E-state index contributed by atoms with van der Waals surface area (Å²) in [6.45, 7) is 4.06. The van der Waals surface area contributed by atoms with Crippen LogP contribution in [0.3, 0.4) is 0 Å². The van der Waals surface area contributed by atoms with Crippen LogP contribution < -0.4 is 5.32 Å². The van der Waals surface area contributed by atoms with Gasteiger partial charge in [0.15, 0.2) is 0 Å². The van der Waals surface area contributed by atoms with Gasteiger partial charge in [-0.15, -0.1) is 0 Å². The Morgan fingerprint density at radius 1 is 1.48 bits per heavy atom. The molecule has 0 radical (unpaired) electrons. The highest BCUT2D eigenvalue weighted by atomic mass is 16.3. The quantitative estimate of drug-likeness (QED) is 0.932. The largest absolute Gasteiger partial charge is 0.467 e. The summed E-state index contributed by atoms with van der Waals surface area (Å²) in [5, 5.41) is 7.22. The molecule has 0 unspecified atom stereocenters. The van der Waals surface area contributed by atoms with Gasteiger partial charge in [-0.25, -0.2) is 0 Å². The molecule has 3 heterocycles. The van der Waals surface area contributed by atoms with Gasteiger partial charge in [0.2, 0.25) is 11.8 Å². The third kappa shape index (κ3) is 2.86. The average Bonchev–Trinajstić information content (AvgIpc) is 3.19. The molecule has 1 saturated heterocycles. The van der Waals surface area contributed by atoms with E-state index in [9.17, 15) is 9.59 Å². The van der Waals surface area contributed by atoms with Gasteiger partial charge < -0.3 is 14.6 Å². The van der Waals surface area contributed by atoms with E-state index in [1.807, 2.05) is 20.9 Å². The Kier molecular flexibility index (Phi) is 3.94. The number of furan rings is 1. The van der Waals surface area contributed by atoms with Crippen molar-refractivity contribution in [2.24, 2.45) is 7.05 Å². The van der Waals surface area contributed by atoms with Gasteiger partial charge in [-0.2, -0.15) is 5.10 Å². The van der Waals surface area contributed by atoms with Gasteiger partial charge in [-0.3, -0.25) is 14.3 Å². The van der Waals surface area contributed by atoms with E-state index in [-0.39, 0.29) is 11.8 Å². The molecule has 0 saturated carbocycles. The lowest BCUT2D eigenvalue weighted by molar-refractivity contribution is -0.134. The van der Waals surface area contributed by atoms with E-state index >= 15 is 0 Å². The fourth-order valence-corrected chi connectivity index (χ4v) is 2.94. The number of aromatic nitrogens is 2. The molecule has 0 bridgehead atoms. The van der Waals surface area contributed by atoms with Crippen molar-refractivity contribution >= 4 is 17.5 Å². The summed E-state index contributed by atoms with van der Waals surface area (Å²) < 4.78 is 7.02. The number of hydrogen-bond donors (Lipinski definition) is 1. The first-order chi connectivity index (χ1) is 11.0. The summed E-state index contributed by atoms with van der Waals surface area (Å²) in [6, 6.07) is 3.09. The minimum atomic E-state index is -0.480. The second-order valence-electron chi connectivity index (χ2n) is 5.81. The maximum absolute atomic E-state index is 12.6. The second-order valence-corrected chi connectivity index (χ2v) is 5.81. The lowest BCUT2D eigenvalue weighted by Crippen LogP contribution is -2.41. The molecule has 122 valence electrons. The van der Waals surface area contributed by atoms with Crippen molar-refractivity contribution in [1.29, 1.82) is 0 Å². The van der Waals surface area contributed by atoms with Crippen molar-refractivity contribution in [1.82, 2.24) is 14.7 Å². The minimum Gasteiger partial charge on any atom is -0.467 e. The van der Waals surface area contributed by atoms with Crippen LogP contribution >= 0.6 is 0 Å². The molecule has 7 heteroatoms. The van der Waals surface area contributed by atoms with Gasteiger partial charge in [-0.05, 0) is 32.4 Å². The highest BCUT2D eigenvalue weighted by Gasteiger charge is 2.36. The van der Waals surface area contributed by atoms with E-state index in [0.29, 0.717) is 25.1 Å². The molecule has 1 N–H and O–H groups in total. The number of carbonyl (C=O) groups excluding carboxylic acids is 2. The third-order valence-corrected chi connectivity index (χ3v) is 4.29. The van der Waals surface area contributed by atoms with Gasteiger partial charge >= 0.3 is 0 Å². The molecule has 7 nitrogen and oxygen atoms in total. The standard InChI is InChI=1S/C16H20N4O3/c1-10-15(11(2)19(3)18-10)17-16(22)13-6-7-14(21)20(13)9-12-5-4-8-23-12/h4-5,8,13H,6-7,9H2,1-3H3,(H,17,22)/t13-/m0/s1. The summed E-state index contributed by atoms with van der Waals surface area (Å²) in [7, 11) is 1.83. The zero-order chi connectivity index (χ0) is 16.6. The Bertz CT molecular complexity index is 733. The SMILES string of the molecule is Cc1nn(C)c(C)c1NC(=O)[C@@H]1CCC(=O)N1Cc1ccco1. The number of likely N-dealkylation sites (tertiary alicyclic amines) is 1. The zero-order valence-corrected chi connectivity index (χ0v) is 13.5. The normalized spacial score (nSPS) is 17.8. The Morgan fingerprint density at radius 2 is 2.26 bits per heavy atom. The van der Waals surface area contributed by atoms with E-state index in [1.165, 1.54) is 0 Å². The highest BCUT2D eigenvalue weighted by molar-refractivity contribution is 5.99. The van der Waals surface area contributed by atoms with E-state index in [4.69, 9.17) is 4.42 Å². The molecule has 23 heavy (non-hydrogen) atoms. The summed E-state index contributed by atoms with van der Waals surface area (Å²) >= 11 is 0. The Hall–Kier alpha value is -2.57. The van der Waals surface area contributed by atoms with Crippen LogP contribution in [0.15, 0.2) is 22.8 Å². The van der Waals surface area contributed by atoms with Crippen LogP contribution in [-0.4, -0.2) is 32.5 Å². The maximum atomic E-state index is 12.6. The van der Waals surface area contributed by atoms with E-state index in [0.717, 1.165) is 17.1 Å². The lowest BCUT2D eigenvalue weighted by Gasteiger charge is -2.23. The first-order valence-corrected chi connectivity index (χ1v) is 7.60. The smallest absolute Gasteiger partial charge is 0.247 e. The van der Waals surface area contributed by atoms with Gasteiger partial charge in [0.1, 0.15) is 11.8 Å². The monoisotopic (exact) mass is 316 g/mol. The van der Waals surface area contributed by atoms with Crippen LogP contribution in [0.2, 0.25) is 0 Å². The zero-order valence-electron chi connectivity index (χ0n) is 13.5. The Balaban J connectivity index is 1.76. The van der Waals surface area contributed by atoms with Gasteiger partial charge in [0.25, 0.3) is 0 Å². The van der Waals surface area contributed by atoms with Gasteiger partial charge in [-0.1, -0.05) is 0 Å². The molecule has 0 aliphatic carbocycles. The van der Waals surface area contributed by atoms with Gasteiger partial charge in [0, 0.05) is 13.5 Å². The Morgan fingerprint density at radius 3 is 2.87 bits per heavy atom. The molecule has 2 aromatic heterocycles. The fourth-order valence-electron chi connectivity index (χ4n) is 2.94. The predicted octanol–water partition coefficient (Wildman–Crippen LogP) is 1.76. The van der Waals surface area contributed by atoms with Crippen LogP contribution in [0, 0.1) is 13.8 Å². The van der Waals surface area contributed by atoms with E-state index in [2.05, 4.69) is 10.4 Å². The van der Waals surface area contributed by atoms with Crippen molar-refractivity contribution in [2.75, 3.05) is 5.32 Å². The molecular weight excluding hydrogens is 296 g/mol. The van der Waals surface area contributed by atoms with Crippen molar-refractivity contribution < 1.29 is 14.0 Å². The fraction of sp³-hybridized carbons (Fsp3) is 0.438. The maximum Gasteiger partial charge on any atom is 0.247 e. The van der Waals surface area contributed by atoms with Crippen LogP contribution in [-0.2, 0) is 23.2 Å². The molecular formula is C16H20N4O3. The first kappa shape index (κ1) is 15.3. The molecule has 0 spiro atoms. The highest BCUT2D eigenvalue weighted by Crippen LogP contribution is 2.25. The number of carbonyl (C=O) groups is 2. The van der Waals surface area contributed by atoms with Crippen LogP contribution in [0.4, 0.5) is 5.69 Å². The summed E-state index contributed by atoms with van der Waals surface area (Å²) in [4.78, 5) is 26.3. The van der Waals surface area contributed by atoms with Crippen LogP contribution in [0.5, 0.6) is 0 Å². The topological polar surface area (TPSA) is 80.4 Å². The molecule has 1 atom stereocenters. The minimum absolute atomic E-state index is 0.0267. The predicted molar refractivity (Wildman–Crippen MR) is 83.6 cm³/mol. The summed E-state index contributed by atoms with van der Waals surface area (Å²) in [5.74, 6) is 0.467. The number of nitrogens with zero attached hydrogens (tertiary/aromatic N) is 3. The number of anilines is 1. The molecule has 1 aliphatic rings. The average molecular weight is 316 g/mol. The number of amides is 2. The van der Waals surface area contributed by atoms with Crippen LogP contribution in [0.25, 0.3) is 0 Å². The van der Waals surface area contributed by atoms with Crippen LogP contribution in [0.1, 0.15) is 30.0 Å². The lowest BCUT2D eigenvalue weighted by atomic mass is 10.2. The number of aryl methyl sites for hydroxylation is 2. The van der Waals surface area contributed by atoms with Crippen molar-refractivity contribution in [3.05, 3.63) is 35.5 Å². The third-order valence-electron chi connectivity index (χ3n) is 4.29. The molecule has 3 rings (SSSR count). The van der Waals surface area contributed by atoms with Crippen molar-refractivity contribution in [3.8, 4) is 0 Å². The van der Waals surface area contributed by atoms with E-state index < -0.39 is 6.04 Å².